The van der Waals surface area contributed by atoms with E-state index in [1.165, 1.54) is 0 Å². The van der Waals surface area contributed by atoms with Gasteiger partial charge in [-0.1, -0.05) is 17.7 Å². The first-order valence-corrected chi connectivity index (χ1v) is 6.14. The van der Waals surface area contributed by atoms with E-state index in [9.17, 15) is 4.79 Å². The van der Waals surface area contributed by atoms with Gasteiger partial charge >= 0.3 is 0 Å². The molecule has 0 aliphatic carbocycles. The van der Waals surface area contributed by atoms with Gasteiger partial charge in [-0.2, -0.15) is 0 Å². The monoisotopic (exact) mass is 256 g/mol. The molecule has 0 bridgehead atoms. The van der Waals surface area contributed by atoms with Gasteiger partial charge in [0.15, 0.2) is 0 Å². The quantitative estimate of drug-likeness (QED) is 0.660. The molecule has 2 rings (SSSR count). The van der Waals surface area contributed by atoms with Crippen LogP contribution in [0.5, 0.6) is 0 Å². The second-order valence-corrected chi connectivity index (χ2v) is 4.17. The van der Waals surface area contributed by atoms with E-state index in [0.29, 0.717) is 24.4 Å². The van der Waals surface area contributed by atoms with E-state index in [4.69, 9.17) is 4.42 Å². The number of hydrogen-bond donors (Lipinski definition) is 1. The van der Waals surface area contributed by atoms with E-state index in [2.05, 4.69) is 10.3 Å². The van der Waals surface area contributed by atoms with Gasteiger partial charge in [-0.05, 0) is 31.2 Å². The van der Waals surface area contributed by atoms with Gasteiger partial charge in [0.1, 0.15) is 5.76 Å². The zero-order valence-electron chi connectivity index (χ0n) is 10.8. The van der Waals surface area contributed by atoms with Crippen molar-refractivity contribution in [2.75, 3.05) is 13.1 Å². The molecule has 0 saturated heterocycles. The standard InChI is InChI=1S/C15H16N2O2/c1-12-4-6-13(7-5-12)15(18)17-9-8-16-11-14-3-2-10-19-14/h2-7,10-11H,8-9H2,1H3,(H,17,18). The zero-order valence-corrected chi connectivity index (χ0v) is 10.8. The number of nitrogens with one attached hydrogen (secondary N) is 1. The summed E-state index contributed by atoms with van der Waals surface area (Å²) < 4.78 is 5.11. The maximum absolute atomic E-state index is 11.8. The summed E-state index contributed by atoms with van der Waals surface area (Å²) in [6.45, 7) is 3.02. The fourth-order valence-corrected chi connectivity index (χ4v) is 1.56. The van der Waals surface area contributed by atoms with Crippen LogP contribution in [0.2, 0.25) is 0 Å². The molecular formula is C15H16N2O2. The SMILES string of the molecule is Cc1ccc(C(=O)NCCN=Cc2ccco2)cc1. The summed E-state index contributed by atoms with van der Waals surface area (Å²) in [7, 11) is 0. The number of aryl methyl sites for hydroxylation is 1. The zero-order chi connectivity index (χ0) is 13.5. The number of amides is 1. The molecule has 4 heteroatoms. The third-order valence-electron chi connectivity index (χ3n) is 2.60. The van der Waals surface area contributed by atoms with E-state index >= 15 is 0 Å². The number of hydrogen-bond acceptors (Lipinski definition) is 3. The van der Waals surface area contributed by atoms with Crippen molar-refractivity contribution in [2.45, 2.75) is 6.92 Å². The Hall–Kier alpha value is -2.36. The lowest BCUT2D eigenvalue weighted by Gasteiger charge is -2.03. The summed E-state index contributed by atoms with van der Waals surface area (Å²) in [5, 5.41) is 2.82. The van der Waals surface area contributed by atoms with Gasteiger partial charge in [0.2, 0.25) is 0 Å². The van der Waals surface area contributed by atoms with Crippen LogP contribution in [0.3, 0.4) is 0 Å². The molecule has 0 aliphatic rings. The number of nitrogens with zero attached hydrogens (tertiary/aromatic N) is 1. The van der Waals surface area contributed by atoms with Crippen LogP contribution in [0.25, 0.3) is 0 Å². The van der Waals surface area contributed by atoms with E-state index in [1.54, 1.807) is 18.5 Å². The second kappa shape index (κ2) is 6.54. The molecule has 19 heavy (non-hydrogen) atoms. The van der Waals surface area contributed by atoms with Gasteiger partial charge in [-0.25, -0.2) is 0 Å². The van der Waals surface area contributed by atoms with Crippen LogP contribution in [0.4, 0.5) is 0 Å². The summed E-state index contributed by atoms with van der Waals surface area (Å²) in [4.78, 5) is 15.9. The Labute approximate surface area is 112 Å². The lowest BCUT2D eigenvalue weighted by Crippen LogP contribution is -2.25. The highest BCUT2D eigenvalue weighted by Crippen LogP contribution is 2.02. The molecular weight excluding hydrogens is 240 g/mol. The molecule has 4 nitrogen and oxygen atoms in total. The molecule has 0 atom stereocenters. The Balaban J connectivity index is 1.73. The maximum Gasteiger partial charge on any atom is 0.251 e. The normalized spacial score (nSPS) is 10.8. The molecule has 2 aromatic rings. The van der Waals surface area contributed by atoms with Gasteiger partial charge in [0.05, 0.1) is 19.0 Å². The number of furan rings is 1. The van der Waals surface area contributed by atoms with Gasteiger partial charge in [0, 0.05) is 12.1 Å². The minimum absolute atomic E-state index is 0.0757. The minimum atomic E-state index is -0.0757. The summed E-state index contributed by atoms with van der Waals surface area (Å²) in [6.07, 6.45) is 3.25. The molecule has 0 aliphatic heterocycles. The van der Waals surface area contributed by atoms with Crippen LogP contribution in [0.15, 0.2) is 52.1 Å². The molecule has 1 aromatic carbocycles. The summed E-state index contributed by atoms with van der Waals surface area (Å²) in [5.41, 5.74) is 1.81. The van der Waals surface area contributed by atoms with Crippen LogP contribution in [0, 0.1) is 6.92 Å². The van der Waals surface area contributed by atoms with Crippen molar-refractivity contribution in [3.63, 3.8) is 0 Å². The number of benzene rings is 1. The molecule has 1 aromatic heterocycles. The van der Waals surface area contributed by atoms with Gasteiger partial charge < -0.3 is 9.73 Å². The largest absolute Gasteiger partial charge is 0.463 e. The van der Waals surface area contributed by atoms with E-state index in [-0.39, 0.29) is 5.91 Å². The first kappa shape index (κ1) is 13.1. The average molecular weight is 256 g/mol. The predicted octanol–water partition coefficient (Wildman–Crippen LogP) is 2.44. The van der Waals surface area contributed by atoms with E-state index < -0.39 is 0 Å². The number of rotatable bonds is 5. The fourth-order valence-electron chi connectivity index (χ4n) is 1.56. The van der Waals surface area contributed by atoms with Crippen LogP contribution < -0.4 is 5.32 Å². The highest BCUT2D eigenvalue weighted by molar-refractivity contribution is 5.94. The molecule has 0 radical (unpaired) electrons. The highest BCUT2D eigenvalue weighted by atomic mass is 16.3. The molecule has 98 valence electrons. The van der Waals surface area contributed by atoms with Crippen LogP contribution >= 0.6 is 0 Å². The van der Waals surface area contributed by atoms with Crippen molar-refractivity contribution in [1.82, 2.24) is 5.32 Å². The Morgan fingerprint density at radius 2 is 2.11 bits per heavy atom. The van der Waals surface area contributed by atoms with Crippen molar-refractivity contribution in [3.05, 3.63) is 59.5 Å². The van der Waals surface area contributed by atoms with Crippen molar-refractivity contribution in [3.8, 4) is 0 Å². The molecule has 0 spiro atoms. The van der Waals surface area contributed by atoms with E-state index in [1.807, 2.05) is 37.3 Å². The van der Waals surface area contributed by atoms with Crippen LogP contribution in [-0.4, -0.2) is 25.2 Å². The molecule has 1 N–H and O–H groups in total. The summed E-state index contributed by atoms with van der Waals surface area (Å²) in [5.74, 6) is 0.637. The maximum atomic E-state index is 11.8. The lowest BCUT2D eigenvalue weighted by molar-refractivity contribution is 0.0955. The fraction of sp³-hybridized carbons (Fsp3) is 0.200. The van der Waals surface area contributed by atoms with Crippen molar-refractivity contribution < 1.29 is 9.21 Å². The summed E-state index contributed by atoms with van der Waals surface area (Å²) >= 11 is 0. The summed E-state index contributed by atoms with van der Waals surface area (Å²) in [6, 6.07) is 11.1. The van der Waals surface area contributed by atoms with Crippen molar-refractivity contribution >= 4 is 12.1 Å². The topological polar surface area (TPSA) is 54.6 Å². The van der Waals surface area contributed by atoms with Gasteiger partial charge in [-0.15, -0.1) is 0 Å². The molecule has 0 unspecified atom stereocenters. The Morgan fingerprint density at radius 3 is 2.79 bits per heavy atom. The van der Waals surface area contributed by atoms with Gasteiger partial charge in [0.25, 0.3) is 5.91 Å². The molecule has 0 fully saturated rings. The molecule has 1 heterocycles. The first-order valence-electron chi connectivity index (χ1n) is 6.14. The Kier molecular flexibility index (Phi) is 4.50. The highest BCUT2D eigenvalue weighted by Gasteiger charge is 2.02. The average Bonchev–Trinajstić information content (AvgIpc) is 2.92. The minimum Gasteiger partial charge on any atom is -0.463 e. The lowest BCUT2D eigenvalue weighted by atomic mass is 10.1. The van der Waals surface area contributed by atoms with Crippen molar-refractivity contribution in [2.24, 2.45) is 4.99 Å². The smallest absolute Gasteiger partial charge is 0.251 e. The van der Waals surface area contributed by atoms with Crippen molar-refractivity contribution in [1.29, 1.82) is 0 Å². The third kappa shape index (κ3) is 4.10. The first-order chi connectivity index (χ1) is 9.25. The van der Waals surface area contributed by atoms with E-state index in [0.717, 1.165) is 5.56 Å². The number of aliphatic imine (C=N–C) groups is 1. The van der Waals surface area contributed by atoms with Crippen LogP contribution in [-0.2, 0) is 0 Å². The Morgan fingerprint density at radius 1 is 1.32 bits per heavy atom. The molecule has 1 amide bonds. The number of carbonyl (C=O) groups is 1. The Bertz CT molecular complexity index is 542. The van der Waals surface area contributed by atoms with Crippen LogP contribution in [0.1, 0.15) is 21.7 Å². The van der Waals surface area contributed by atoms with Gasteiger partial charge in [-0.3, -0.25) is 9.79 Å². The second-order valence-electron chi connectivity index (χ2n) is 4.17. The molecule has 0 saturated carbocycles. The number of carbonyl (C=O) groups excluding carboxylic acids is 1. The predicted molar refractivity (Wildman–Crippen MR) is 74.7 cm³/mol. The third-order valence-corrected chi connectivity index (χ3v) is 2.60.